The van der Waals surface area contributed by atoms with Gasteiger partial charge in [-0.2, -0.15) is 0 Å². The molecule has 3 rings (SSSR count). The van der Waals surface area contributed by atoms with Gasteiger partial charge in [-0.1, -0.05) is 45.4 Å². The molecule has 0 atom stereocenters. The Labute approximate surface area is 171 Å². The molecule has 0 aliphatic carbocycles. The number of nitrogens with two attached hydrogens (primary N) is 1. The van der Waals surface area contributed by atoms with E-state index in [1.807, 2.05) is 11.5 Å². The number of hydrogen-bond donors (Lipinski definition) is 1. The molecule has 0 amide bonds. The van der Waals surface area contributed by atoms with E-state index in [1.165, 1.54) is 0 Å². The number of hydrogen-bond acceptors (Lipinski definition) is 3. The standard InChI is InChI=1S/C22H28ClFN4/c1-6-7-13(4)19-16(8-12(2)3)15(9-17(23)20(19)24)10-18-27-14(5)21-22(25)26-11-28(18)21/h9,12H,4,6-8,10-11H2,1-3,5H3,(H2,25,26). The molecule has 28 heavy (non-hydrogen) atoms. The van der Waals surface area contributed by atoms with Gasteiger partial charge in [-0.15, -0.1) is 0 Å². The van der Waals surface area contributed by atoms with Crippen LogP contribution in [0, 0.1) is 18.7 Å². The Morgan fingerprint density at radius 2 is 2.14 bits per heavy atom. The lowest BCUT2D eigenvalue weighted by Crippen LogP contribution is -2.13. The van der Waals surface area contributed by atoms with Crippen molar-refractivity contribution in [3.63, 3.8) is 0 Å². The number of nitrogens with zero attached hydrogens (tertiary/aromatic N) is 3. The van der Waals surface area contributed by atoms with Crippen molar-refractivity contribution >= 4 is 23.0 Å². The first-order chi connectivity index (χ1) is 13.2. The number of amidine groups is 1. The van der Waals surface area contributed by atoms with Gasteiger partial charge in [-0.3, -0.25) is 0 Å². The first-order valence-corrected chi connectivity index (χ1v) is 10.2. The van der Waals surface area contributed by atoms with Gasteiger partial charge in [0, 0.05) is 12.0 Å². The summed E-state index contributed by atoms with van der Waals surface area (Å²) in [6, 6.07) is 1.74. The van der Waals surface area contributed by atoms with E-state index in [1.54, 1.807) is 6.07 Å². The zero-order chi connectivity index (χ0) is 20.6. The Kier molecular flexibility index (Phi) is 5.94. The van der Waals surface area contributed by atoms with Gasteiger partial charge in [0.2, 0.25) is 0 Å². The van der Waals surface area contributed by atoms with Crippen LogP contribution in [0.15, 0.2) is 17.6 Å². The number of allylic oxidation sites excluding steroid dienone is 1. The molecule has 0 bridgehead atoms. The fraction of sp³-hybridized carbons (Fsp3) is 0.455. The summed E-state index contributed by atoms with van der Waals surface area (Å²) in [4.78, 5) is 9.02. The predicted molar refractivity (Wildman–Crippen MR) is 114 cm³/mol. The van der Waals surface area contributed by atoms with E-state index < -0.39 is 0 Å². The average Bonchev–Trinajstić information content (AvgIpc) is 3.14. The van der Waals surface area contributed by atoms with Crippen LogP contribution < -0.4 is 5.73 Å². The zero-order valence-corrected chi connectivity index (χ0v) is 17.8. The molecular formula is C22H28ClFN4. The van der Waals surface area contributed by atoms with Crippen molar-refractivity contribution in [2.45, 2.75) is 60.0 Å². The van der Waals surface area contributed by atoms with Gasteiger partial charge in [0.15, 0.2) is 0 Å². The summed E-state index contributed by atoms with van der Waals surface area (Å²) in [5.74, 6) is 1.40. The summed E-state index contributed by atoms with van der Waals surface area (Å²) in [6.07, 6.45) is 2.96. The normalized spacial score (nSPS) is 13.2. The highest BCUT2D eigenvalue weighted by Crippen LogP contribution is 2.35. The third kappa shape index (κ3) is 3.72. The van der Waals surface area contributed by atoms with Crippen molar-refractivity contribution in [1.82, 2.24) is 9.55 Å². The van der Waals surface area contributed by atoms with E-state index in [4.69, 9.17) is 22.3 Å². The summed E-state index contributed by atoms with van der Waals surface area (Å²) in [5, 5.41) is 0.135. The van der Waals surface area contributed by atoms with E-state index >= 15 is 4.39 Å². The van der Waals surface area contributed by atoms with Crippen LogP contribution in [-0.4, -0.2) is 15.4 Å². The highest BCUT2D eigenvalue weighted by Gasteiger charge is 2.25. The summed E-state index contributed by atoms with van der Waals surface area (Å²) < 4.78 is 17.1. The number of rotatable bonds is 7. The Balaban J connectivity index is 2.12. The van der Waals surface area contributed by atoms with Crippen LogP contribution in [0.4, 0.5) is 4.39 Å². The Bertz CT molecular complexity index is 956. The van der Waals surface area contributed by atoms with Gasteiger partial charge in [0.05, 0.1) is 10.7 Å². The number of aliphatic imine (C=N–C) groups is 1. The highest BCUT2D eigenvalue weighted by molar-refractivity contribution is 6.31. The van der Waals surface area contributed by atoms with Crippen LogP contribution in [0.2, 0.25) is 5.02 Å². The van der Waals surface area contributed by atoms with Crippen LogP contribution in [0.3, 0.4) is 0 Å². The molecule has 0 fully saturated rings. The quantitative estimate of drug-likeness (QED) is 0.686. The van der Waals surface area contributed by atoms with Crippen LogP contribution in [-0.2, 0) is 19.5 Å². The first kappa shape index (κ1) is 20.6. The second kappa shape index (κ2) is 8.08. The SMILES string of the molecule is C=C(CCC)c1c(F)c(Cl)cc(Cc2nc(C)c3n2CN=C3N)c1CC(C)C. The molecule has 1 aromatic heterocycles. The minimum atomic E-state index is -0.364. The molecule has 1 aliphatic heterocycles. The minimum absolute atomic E-state index is 0.135. The summed E-state index contributed by atoms with van der Waals surface area (Å²) in [7, 11) is 0. The lowest BCUT2D eigenvalue weighted by Gasteiger charge is -2.20. The number of benzene rings is 1. The summed E-state index contributed by atoms with van der Waals surface area (Å²) in [6.45, 7) is 12.9. The monoisotopic (exact) mass is 402 g/mol. The van der Waals surface area contributed by atoms with Crippen LogP contribution in [0.5, 0.6) is 0 Å². The summed E-state index contributed by atoms with van der Waals surface area (Å²) >= 11 is 6.30. The Morgan fingerprint density at radius 1 is 1.43 bits per heavy atom. The van der Waals surface area contributed by atoms with Gasteiger partial charge >= 0.3 is 0 Å². The Morgan fingerprint density at radius 3 is 2.79 bits per heavy atom. The average molecular weight is 403 g/mol. The van der Waals surface area contributed by atoms with E-state index in [9.17, 15) is 0 Å². The number of fused-ring (bicyclic) bond motifs is 1. The van der Waals surface area contributed by atoms with Crippen LogP contribution in [0.1, 0.15) is 67.5 Å². The van der Waals surface area contributed by atoms with Crippen molar-refractivity contribution < 1.29 is 4.39 Å². The molecular weight excluding hydrogens is 375 g/mol. The molecule has 1 aliphatic rings. The highest BCUT2D eigenvalue weighted by atomic mass is 35.5. The molecule has 0 spiro atoms. The first-order valence-electron chi connectivity index (χ1n) is 9.78. The maximum atomic E-state index is 15.0. The molecule has 2 aromatic rings. The fourth-order valence-electron chi connectivity index (χ4n) is 3.94. The van der Waals surface area contributed by atoms with Gasteiger partial charge in [0.25, 0.3) is 0 Å². The van der Waals surface area contributed by atoms with Gasteiger partial charge in [0.1, 0.15) is 29.8 Å². The molecule has 4 nitrogen and oxygen atoms in total. The maximum absolute atomic E-state index is 15.0. The number of imidazole rings is 1. The lowest BCUT2D eigenvalue weighted by atomic mass is 9.87. The topological polar surface area (TPSA) is 56.2 Å². The molecule has 0 saturated heterocycles. The predicted octanol–water partition coefficient (Wildman–Crippen LogP) is 5.26. The molecule has 2 N–H and O–H groups in total. The molecule has 1 aromatic carbocycles. The second-order valence-electron chi connectivity index (χ2n) is 7.89. The second-order valence-corrected chi connectivity index (χ2v) is 8.30. The molecule has 0 saturated carbocycles. The number of aryl methyl sites for hydroxylation is 1. The van der Waals surface area contributed by atoms with E-state index in [-0.39, 0.29) is 10.8 Å². The number of aromatic nitrogens is 2. The molecule has 2 heterocycles. The largest absolute Gasteiger partial charge is 0.382 e. The smallest absolute Gasteiger partial charge is 0.149 e. The van der Waals surface area contributed by atoms with Gasteiger partial charge < -0.3 is 10.3 Å². The van der Waals surface area contributed by atoms with E-state index in [0.717, 1.165) is 53.2 Å². The molecule has 6 heteroatoms. The fourth-order valence-corrected chi connectivity index (χ4v) is 4.17. The van der Waals surface area contributed by atoms with Crippen molar-refractivity contribution in [3.05, 3.63) is 57.4 Å². The van der Waals surface area contributed by atoms with Crippen molar-refractivity contribution in [2.75, 3.05) is 0 Å². The Hall–Kier alpha value is -2.14. The van der Waals surface area contributed by atoms with Gasteiger partial charge in [-0.05, 0) is 48.4 Å². The van der Waals surface area contributed by atoms with Crippen molar-refractivity contribution in [3.8, 4) is 0 Å². The summed E-state index contributed by atoms with van der Waals surface area (Å²) in [5.41, 5.74) is 11.1. The van der Waals surface area contributed by atoms with E-state index in [0.29, 0.717) is 30.4 Å². The van der Waals surface area contributed by atoms with Crippen LogP contribution in [0.25, 0.3) is 5.57 Å². The third-order valence-electron chi connectivity index (χ3n) is 5.13. The lowest BCUT2D eigenvalue weighted by molar-refractivity contribution is 0.603. The minimum Gasteiger partial charge on any atom is -0.382 e. The third-order valence-corrected chi connectivity index (χ3v) is 5.41. The maximum Gasteiger partial charge on any atom is 0.149 e. The molecule has 150 valence electrons. The molecule has 0 unspecified atom stereocenters. The van der Waals surface area contributed by atoms with Crippen LogP contribution >= 0.6 is 11.6 Å². The van der Waals surface area contributed by atoms with Crippen molar-refractivity contribution in [2.24, 2.45) is 16.6 Å². The number of halogens is 2. The van der Waals surface area contributed by atoms with E-state index in [2.05, 4.69) is 32.3 Å². The molecule has 0 radical (unpaired) electrons. The zero-order valence-electron chi connectivity index (χ0n) is 17.1. The van der Waals surface area contributed by atoms with Gasteiger partial charge in [-0.25, -0.2) is 14.4 Å². The van der Waals surface area contributed by atoms with Crippen molar-refractivity contribution in [1.29, 1.82) is 0 Å².